The quantitative estimate of drug-likeness (QED) is 0.798. The molecule has 1 aromatic heterocycles. The van der Waals surface area contributed by atoms with Crippen molar-refractivity contribution in [1.29, 1.82) is 0 Å². The van der Waals surface area contributed by atoms with Crippen LogP contribution in [-0.4, -0.2) is 27.5 Å². The van der Waals surface area contributed by atoms with Crippen LogP contribution in [0.4, 0.5) is 0 Å². The molecule has 0 amide bonds. The van der Waals surface area contributed by atoms with E-state index in [2.05, 4.69) is 44.3 Å². The van der Waals surface area contributed by atoms with Crippen LogP contribution in [0.1, 0.15) is 39.7 Å². The van der Waals surface area contributed by atoms with Crippen LogP contribution in [0.15, 0.2) is 12.4 Å². The molecule has 0 bridgehead atoms. The first-order valence-corrected chi connectivity index (χ1v) is 5.85. The van der Waals surface area contributed by atoms with Crippen LogP contribution < -0.4 is 5.32 Å². The van der Waals surface area contributed by atoms with Crippen molar-refractivity contribution in [3.05, 3.63) is 18.0 Å². The summed E-state index contributed by atoms with van der Waals surface area (Å²) >= 11 is 0. The van der Waals surface area contributed by atoms with Gasteiger partial charge in [-0.3, -0.25) is 4.68 Å². The fourth-order valence-corrected chi connectivity index (χ4v) is 1.42. The Bertz CT molecular complexity index is 310. The highest BCUT2D eigenvalue weighted by molar-refractivity contribution is 5.05. The van der Waals surface area contributed by atoms with E-state index in [-0.39, 0.29) is 18.2 Å². The molecule has 0 aromatic carbocycles. The van der Waals surface area contributed by atoms with E-state index in [9.17, 15) is 0 Å². The summed E-state index contributed by atoms with van der Waals surface area (Å²) in [5, 5.41) is 16.7. The SMILES string of the molecule is CCC(CO)NCc1cnn(C(C)(C)C)c1. The molecule has 1 unspecified atom stereocenters. The second-order valence-electron chi connectivity index (χ2n) is 5.13. The van der Waals surface area contributed by atoms with Gasteiger partial charge in [0.2, 0.25) is 0 Å². The van der Waals surface area contributed by atoms with Crippen LogP contribution in [0.5, 0.6) is 0 Å². The van der Waals surface area contributed by atoms with Crippen molar-refractivity contribution in [2.75, 3.05) is 6.61 Å². The minimum absolute atomic E-state index is 0.0272. The molecule has 92 valence electrons. The molecule has 1 aromatic rings. The summed E-state index contributed by atoms with van der Waals surface area (Å²) in [5.41, 5.74) is 1.18. The predicted molar refractivity (Wildman–Crippen MR) is 65.2 cm³/mol. The monoisotopic (exact) mass is 225 g/mol. The maximum absolute atomic E-state index is 9.06. The number of nitrogens with zero attached hydrogens (tertiary/aromatic N) is 2. The lowest BCUT2D eigenvalue weighted by molar-refractivity contribution is 0.238. The smallest absolute Gasteiger partial charge is 0.0584 e. The maximum atomic E-state index is 9.06. The highest BCUT2D eigenvalue weighted by Crippen LogP contribution is 2.13. The molecule has 1 rings (SSSR count). The first-order valence-electron chi connectivity index (χ1n) is 5.85. The summed E-state index contributed by atoms with van der Waals surface area (Å²) in [5.74, 6) is 0. The lowest BCUT2D eigenvalue weighted by Crippen LogP contribution is -2.31. The molecule has 0 aliphatic rings. The largest absolute Gasteiger partial charge is 0.395 e. The van der Waals surface area contributed by atoms with Crippen LogP contribution >= 0.6 is 0 Å². The Morgan fingerprint density at radius 3 is 2.62 bits per heavy atom. The van der Waals surface area contributed by atoms with Gasteiger partial charge in [0.05, 0.1) is 18.3 Å². The summed E-state index contributed by atoms with van der Waals surface area (Å²) in [6.45, 7) is 9.38. The van der Waals surface area contributed by atoms with Gasteiger partial charge in [0.1, 0.15) is 0 Å². The maximum Gasteiger partial charge on any atom is 0.0584 e. The fraction of sp³-hybridized carbons (Fsp3) is 0.750. The number of aliphatic hydroxyl groups is 1. The van der Waals surface area contributed by atoms with E-state index in [1.165, 1.54) is 0 Å². The third-order valence-electron chi connectivity index (χ3n) is 2.63. The molecule has 0 aliphatic carbocycles. The van der Waals surface area contributed by atoms with Crippen molar-refractivity contribution >= 4 is 0 Å². The Labute approximate surface area is 97.7 Å². The van der Waals surface area contributed by atoms with Crippen molar-refractivity contribution in [1.82, 2.24) is 15.1 Å². The van der Waals surface area contributed by atoms with Gasteiger partial charge in [0, 0.05) is 24.3 Å². The molecule has 1 atom stereocenters. The van der Waals surface area contributed by atoms with E-state index in [1.807, 2.05) is 10.9 Å². The van der Waals surface area contributed by atoms with Crippen LogP contribution in [0, 0.1) is 0 Å². The molecule has 0 fully saturated rings. The van der Waals surface area contributed by atoms with Crippen LogP contribution in [-0.2, 0) is 12.1 Å². The van der Waals surface area contributed by atoms with E-state index in [4.69, 9.17) is 5.11 Å². The van der Waals surface area contributed by atoms with E-state index < -0.39 is 0 Å². The zero-order valence-electron chi connectivity index (χ0n) is 10.7. The van der Waals surface area contributed by atoms with E-state index in [1.54, 1.807) is 0 Å². The van der Waals surface area contributed by atoms with Gasteiger partial charge in [-0.1, -0.05) is 6.92 Å². The predicted octanol–water partition coefficient (Wildman–Crippen LogP) is 1.50. The number of hydrogen-bond acceptors (Lipinski definition) is 3. The van der Waals surface area contributed by atoms with Gasteiger partial charge in [0.25, 0.3) is 0 Å². The first-order chi connectivity index (χ1) is 7.47. The average molecular weight is 225 g/mol. The summed E-state index contributed by atoms with van der Waals surface area (Å²) in [6.07, 6.45) is 4.86. The van der Waals surface area contributed by atoms with Crippen molar-refractivity contribution in [3.8, 4) is 0 Å². The Morgan fingerprint density at radius 2 is 2.19 bits per heavy atom. The van der Waals surface area contributed by atoms with Gasteiger partial charge < -0.3 is 10.4 Å². The summed E-state index contributed by atoms with van der Waals surface area (Å²) < 4.78 is 1.96. The topological polar surface area (TPSA) is 50.1 Å². The average Bonchev–Trinajstić information content (AvgIpc) is 2.67. The molecule has 16 heavy (non-hydrogen) atoms. The van der Waals surface area contributed by atoms with Gasteiger partial charge in [-0.15, -0.1) is 0 Å². The molecule has 4 nitrogen and oxygen atoms in total. The summed E-state index contributed by atoms with van der Waals surface area (Å²) in [4.78, 5) is 0. The Hall–Kier alpha value is -0.870. The zero-order valence-corrected chi connectivity index (χ0v) is 10.7. The van der Waals surface area contributed by atoms with Crippen LogP contribution in [0.25, 0.3) is 0 Å². The van der Waals surface area contributed by atoms with Crippen molar-refractivity contribution < 1.29 is 5.11 Å². The van der Waals surface area contributed by atoms with Gasteiger partial charge in [0.15, 0.2) is 0 Å². The second kappa shape index (κ2) is 5.46. The van der Waals surface area contributed by atoms with Crippen molar-refractivity contribution in [3.63, 3.8) is 0 Å². The molecule has 1 heterocycles. The minimum Gasteiger partial charge on any atom is -0.395 e. The zero-order chi connectivity index (χ0) is 12.2. The molecule has 0 saturated carbocycles. The molecular formula is C12H23N3O. The molecule has 0 spiro atoms. The number of hydrogen-bond donors (Lipinski definition) is 2. The lowest BCUT2D eigenvalue weighted by atomic mass is 10.1. The van der Waals surface area contributed by atoms with E-state index in [0.29, 0.717) is 0 Å². The van der Waals surface area contributed by atoms with Gasteiger partial charge in [-0.05, 0) is 27.2 Å². The third kappa shape index (κ3) is 3.61. The standard InChI is InChI=1S/C12H23N3O/c1-5-11(9-16)13-6-10-7-14-15(8-10)12(2,3)4/h7-8,11,13,16H,5-6,9H2,1-4H3. The normalized spacial score (nSPS) is 14.1. The van der Waals surface area contributed by atoms with Gasteiger partial charge in [-0.25, -0.2) is 0 Å². The Kier molecular flexibility index (Phi) is 4.50. The van der Waals surface area contributed by atoms with Crippen molar-refractivity contribution in [2.45, 2.75) is 52.2 Å². The van der Waals surface area contributed by atoms with Gasteiger partial charge in [-0.2, -0.15) is 5.10 Å². The highest BCUT2D eigenvalue weighted by Gasteiger charge is 2.14. The number of nitrogens with one attached hydrogen (secondary N) is 1. The second-order valence-corrected chi connectivity index (χ2v) is 5.13. The molecule has 2 N–H and O–H groups in total. The first kappa shape index (κ1) is 13.2. The molecular weight excluding hydrogens is 202 g/mol. The molecule has 0 radical (unpaired) electrons. The summed E-state index contributed by atoms with van der Waals surface area (Å²) in [7, 11) is 0. The summed E-state index contributed by atoms with van der Waals surface area (Å²) in [6, 6.07) is 0.179. The third-order valence-corrected chi connectivity index (χ3v) is 2.63. The van der Waals surface area contributed by atoms with Crippen LogP contribution in [0.3, 0.4) is 0 Å². The number of aromatic nitrogens is 2. The number of aliphatic hydroxyl groups excluding tert-OH is 1. The lowest BCUT2D eigenvalue weighted by Gasteiger charge is -2.18. The fourth-order valence-electron chi connectivity index (χ4n) is 1.42. The highest BCUT2D eigenvalue weighted by atomic mass is 16.3. The van der Waals surface area contributed by atoms with E-state index in [0.717, 1.165) is 18.5 Å². The van der Waals surface area contributed by atoms with E-state index >= 15 is 0 Å². The molecule has 0 saturated heterocycles. The van der Waals surface area contributed by atoms with Crippen LogP contribution in [0.2, 0.25) is 0 Å². The van der Waals surface area contributed by atoms with Gasteiger partial charge >= 0.3 is 0 Å². The van der Waals surface area contributed by atoms with Crippen molar-refractivity contribution in [2.24, 2.45) is 0 Å². The number of rotatable bonds is 5. The molecule has 4 heteroatoms. The molecule has 0 aliphatic heterocycles. The Balaban J connectivity index is 2.53. The minimum atomic E-state index is 0.0272. The Morgan fingerprint density at radius 1 is 1.50 bits per heavy atom.